The minimum Gasteiger partial charge on any atom is -0.508 e. The smallest absolute Gasteiger partial charge is 0.227 e. The van der Waals surface area contributed by atoms with Crippen LogP contribution in [0.2, 0.25) is 0 Å². The summed E-state index contributed by atoms with van der Waals surface area (Å²) in [6.45, 7) is 3.89. The van der Waals surface area contributed by atoms with Gasteiger partial charge in [-0.2, -0.15) is 0 Å². The van der Waals surface area contributed by atoms with Crippen molar-refractivity contribution in [2.24, 2.45) is 5.92 Å². The Morgan fingerprint density at radius 1 is 1.42 bits per heavy atom. The van der Waals surface area contributed by atoms with E-state index < -0.39 is 0 Å². The molecule has 0 spiro atoms. The first-order valence-electron chi connectivity index (χ1n) is 6.74. The van der Waals surface area contributed by atoms with Gasteiger partial charge in [-0.05, 0) is 37.0 Å². The minimum absolute atomic E-state index is 0.107. The van der Waals surface area contributed by atoms with Crippen molar-refractivity contribution in [3.05, 3.63) is 23.8 Å². The lowest BCUT2D eigenvalue weighted by molar-refractivity contribution is -0.131. The number of phenolic OH excluding ortho intramolecular Hbond substituents is 1. The number of piperidine rings is 1. The molecule has 0 unspecified atom stereocenters. The molecule has 1 aromatic rings. The fourth-order valence-electron chi connectivity index (χ4n) is 2.44. The molecule has 1 heterocycles. The average Bonchev–Trinajstić information content (AvgIpc) is 2.39. The van der Waals surface area contributed by atoms with Crippen LogP contribution < -0.4 is 4.74 Å². The third-order valence-corrected chi connectivity index (χ3v) is 3.74. The Bertz CT molecular complexity index is 451. The van der Waals surface area contributed by atoms with Crippen LogP contribution in [0, 0.1) is 5.92 Å². The predicted octanol–water partition coefficient (Wildman–Crippen LogP) is 2.20. The number of methoxy groups -OCH3 is 1. The minimum atomic E-state index is 0.107. The number of hydrogen-bond acceptors (Lipinski definition) is 3. The highest BCUT2D eigenvalue weighted by molar-refractivity contribution is 5.79. The fraction of sp³-hybridized carbons (Fsp3) is 0.533. The van der Waals surface area contributed by atoms with Crippen molar-refractivity contribution in [3.63, 3.8) is 0 Å². The monoisotopic (exact) mass is 263 g/mol. The number of ether oxygens (including phenoxy) is 1. The lowest BCUT2D eigenvalue weighted by Gasteiger charge is -2.30. The number of carbonyl (C=O) groups is 1. The standard InChI is InChI=1S/C15H21NO3/c1-11-5-7-16(8-6-11)15(18)10-12-9-13(17)3-4-14(12)19-2/h3-4,9,11,17H,5-8,10H2,1-2H3. The Morgan fingerprint density at radius 2 is 2.11 bits per heavy atom. The second-order valence-corrected chi connectivity index (χ2v) is 5.24. The van der Waals surface area contributed by atoms with E-state index in [1.807, 2.05) is 4.90 Å². The zero-order chi connectivity index (χ0) is 13.8. The van der Waals surface area contributed by atoms with Gasteiger partial charge >= 0.3 is 0 Å². The van der Waals surface area contributed by atoms with Gasteiger partial charge in [0.05, 0.1) is 13.5 Å². The molecular formula is C15H21NO3. The summed E-state index contributed by atoms with van der Waals surface area (Å²) in [6, 6.07) is 4.86. The molecule has 4 nitrogen and oxygen atoms in total. The number of likely N-dealkylation sites (tertiary alicyclic amines) is 1. The van der Waals surface area contributed by atoms with Crippen molar-refractivity contribution in [1.29, 1.82) is 0 Å². The summed E-state index contributed by atoms with van der Waals surface area (Å²) in [6.07, 6.45) is 2.43. The van der Waals surface area contributed by atoms with E-state index in [0.29, 0.717) is 11.7 Å². The molecule has 0 aromatic heterocycles. The van der Waals surface area contributed by atoms with E-state index in [1.165, 1.54) is 0 Å². The summed E-state index contributed by atoms with van der Waals surface area (Å²) in [5.41, 5.74) is 0.742. The van der Waals surface area contributed by atoms with Gasteiger partial charge in [0.15, 0.2) is 0 Å². The molecule has 1 fully saturated rings. The predicted molar refractivity (Wildman–Crippen MR) is 73.3 cm³/mol. The molecule has 0 radical (unpaired) electrons. The van der Waals surface area contributed by atoms with Gasteiger partial charge < -0.3 is 14.7 Å². The highest BCUT2D eigenvalue weighted by Crippen LogP contribution is 2.25. The van der Waals surface area contributed by atoms with Crippen LogP contribution in [0.5, 0.6) is 11.5 Å². The zero-order valence-corrected chi connectivity index (χ0v) is 11.6. The van der Waals surface area contributed by atoms with E-state index in [2.05, 4.69) is 6.92 Å². The van der Waals surface area contributed by atoms with Crippen molar-refractivity contribution in [2.45, 2.75) is 26.2 Å². The van der Waals surface area contributed by atoms with E-state index in [9.17, 15) is 9.90 Å². The molecule has 1 amide bonds. The molecule has 0 bridgehead atoms. The average molecular weight is 263 g/mol. The molecule has 104 valence electrons. The first kappa shape index (κ1) is 13.7. The number of rotatable bonds is 3. The number of nitrogens with zero attached hydrogens (tertiary/aromatic N) is 1. The maximum atomic E-state index is 12.2. The van der Waals surface area contributed by atoms with Crippen molar-refractivity contribution >= 4 is 5.91 Å². The summed E-state index contributed by atoms with van der Waals surface area (Å²) >= 11 is 0. The summed E-state index contributed by atoms with van der Waals surface area (Å²) in [5, 5.41) is 9.51. The quantitative estimate of drug-likeness (QED) is 0.909. The largest absolute Gasteiger partial charge is 0.508 e. The van der Waals surface area contributed by atoms with Crippen molar-refractivity contribution in [1.82, 2.24) is 4.90 Å². The van der Waals surface area contributed by atoms with Crippen LogP contribution in [0.4, 0.5) is 0 Å². The molecule has 19 heavy (non-hydrogen) atoms. The molecule has 1 N–H and O–H groups in total. The number of benzene rings is 1. The van der Waals surface area contributed by atoms with E-state index in [4.69, 9.17) is 4.74 Å². The Hall–Kier alpha value is -1.71. The molecular weight excluding hydrogens is 242 g/mol. The molecule has 0 aliphatic carbocycles. The number of carbonyl (C=O) groups excluding carboxylic acids is 1. The topological polar surface area (TPSA) is 49.8 Å². The lowest BCUT2D eigenvalue weighted by Crippen LogP contribution is -2.38. The van der Waals surface area contributed by atoms with Gasteiger partial charge in [0.1, 0.15) is 11.5 Å². The zero-order valence-electron chi connectivity index (χ0n) is 11.6. The summed E-state index contributed by atoms with van der Waals surface area (Å²) in [7, 11) is 1.57. The number of amides is 1. The highest BCUT2D eigenvalue weighted by Gasteiger charge is 2.21. The second-order valence-electron chi connectivity index (χ2n) is 5.24. The fourth-order valence-corrected chi connectivity index (χ4v) is 2.44. The summed E-state index contributed by atoms with van der Waals surface area (Å²) < 4.78 is 5.22. The SMILES string of the molecule is COc1ccc(O)cc1CC(=O)N1CCC(C)CC1. The molecule has 1 aliphatic heterocycles. The first-order valence-corrected chi connectivity index (χ1v) is 6.74. The van der Waals surface area contributed by atoms with Crippen LogP contribution in [-0.4, -0.2) is 36.1 Å². The van der Waals surface area contributed by atoms with Crippen LogP contribution in [0.15, 0.2) is 18.2 Å². The van der Waals surface area contributed by atoms with Gasteiger partial charge in [0.25, 0.3) is 0 Å². The van der Waals surface area contributed by atoms with Crippen LogP contribution in [0.25, 0.3) is 0 Å². The number of aromatic hydroxyl groups is 1. The van der Waals surface area contributed by atoms with Gasteiger partial charge in [0, 0.05) is 18.7 Å². The highest BCUT2D eigenvalue weighted by atomic mass is 16.5. The van der Waals surface area contributed by atoms with Crippen molar-refractivity contribution in [2.75, 3.05) is 20.2 Å². The number of hydrogen-bond donors (Lipinski definition) is 1. The van der Waals surface area contributed by atoms with Gasteiger partial charge in [-0.1, -0.05) is 6.92 Å². The van der Waals surface area contributed by atoms with Gasteiger partial charge in [-0.15, -0.1) is 0 Å². The van der Waals surface area contributed by atoms with E-state index in [-0.39, 0.29) is 18.1 Å². The molecule has 2 rings (SSSR count). The Kier molecular flexibility index (Phi) is 4.30. The van der Waals surface area contributed by atoms with Crippen molar-refractivity contribution in [3.8, 4) is 11.5 Å². The van der Waals surface area contributed by atoms with Crippen LogP contribution in [0.3, 0.4) is 0 Å². The molecule has 0 atom stereocenters. The normalized spacial score (nSPS) is 16.4. The van der Waals surface area contributed by atoms with E-state index >= 15 is 0 Å². The third kappa shape index (κ3) is 3.40. The Labute approximate surface area is 114 Å². The molecule has 0 saturated carbocycles. The van der Waals surface area contributed by atoms with Gasteiger partial charge in [0.2, 0.25) is 5.91 Å². The van der Waals surface area contributed by atoms with E-state index in [0.717, 1.165) is 31.5 Å². The third-order valence-electron chi connectivity index (χ3n) is 3.74. The van der Waals surface area contributed by atoms with Gasteiger partial charge in [-0.3, -0.25) is 4.79 Å². The summed E-state index contributed by atoms with van der Waals surface area (Å²) in [4.78, 5) is 14.1. The maximum absolute atomic E-state index is 12.2. The molecule has 4 heteroatoms. The molecule has 1 aliphatic rings. The van der Waals surface area contributed by atoms with Crippen LogP contribution >= 0.6 is 0 Å². The lowest BCUT2D eigenvalue weighted by atomic mass is 9.98. The summed E-state index contributed by atoms with van der Waals surface area (Å²) in [5.74, 6) is 1.63. The van der Waals surface area contributed by atoms with Gasteiger partial charge in [-0.25, -0.2) is 0 Å². The van der Waals surface area contributed by atoms with Crippen molar-refractivity contribution < 1.29 is 14.6 Å². The van der Waals surface area contributed by atoms with Crippen LogP contribution in [-0.2, 0) is 11.2 Å². The van der Waals surface area contributed by atoms with Crippen LogP contribution in [0.1, 0.15) is 25.3 Å². The Balaban J connectivity index is 2.04. The number of phenols is 1. The van der Waals surface area contributed by atoms with E-state index in [1.54, 1.807) is 25.3 Å². The molecule has 1 saturated heterocycles. The second kappa shape index (κ2) is 5.95. The first-order chi connectivity index (χ1) is 9.10. The maximum Gasteiger partial charge on any atom is 0.227 e. The molecule has 1 aromatic carbocycles. The Morgan fingerprint density at radius 3 is 2.74 bits per heavy atom.